The largest absolute Gasteiger partial charge is 0.339 e. The van der Waals surface area contributed by atoms with E-state index < -0.39 is 0 Å². The summed E-state index contributed by atoms with van der Waals surface area (Å²) in [5.74, 6) is 1.97. The van der Waals surface area contributed by atoms with Crippen LogP contribution in [0.2, 0.25) is 0 Å². The molecule has 5 nitrogen and oxygen atoms in total. The van der Waals surface area contributed by atoms with E-state index in [0.717, 1.165) is 23.4 Å². The molecule has 2 aromatic heterocycles. The second kappa shape index (κ2) is 6.35. The van der Waals surface area contributed by atoms with Gasteiger partial charge in [0.05, 0.1) is 0 Å². The van der Waals surface area contributed by atoms with Crippen molar-refractivity contribution in [3.63, 3.8) is 0 Å². The van der Waals surface area contributed by atoms with E-state index in [4.69, 9.17) is 4.52 Å². The number of hydrogen-bond donors (Lipinski definition) is 1. The molecule has 1 aliphatic carbocycles. The minimum atomic E-state index is 0.564. The highest BCUT2D eigenvalue weighted by Gasteiger charge is 2.26. The van der Waals surface area contributed by atoms with Crippen LogP contribution in [0.1, 0.15) is 37.1 Å². The van der Waals surface area contributed by atoms with Gasteiger partial charge in [-0.1, -0.05) is 18.0 Å². The van der Waals surface area contributed by atoms with E-state index in [1.54, 1.807) is 12.4 Å². The first-order chi connectivity index (χ1) is 10.3. The molecular weight excluding hydrogens is 264 g/mol. The van der Waals surface area contributed by atoms with Crippen molar-refractivity contribution in [1.82, 2.24) is 20.4 Å². The summed E-state index contributed by atoms with van der Waals surface area (Å²) in [6, 6.07) is 2.53. The third-order valence-electron chi connectivity index (χ3n) is 4.46. The monoisotopic (exact) mass is 286 g/mol. The van der Waals surface area contributed by atoms with Crippen LogP contribution < -0.4 is 5.32 Å². The molecule has 0 aromatic carbocycles. The van der Waals surface area contributed by atoms with Crippen molar-refractivity contribution in [2.75, 3.05) is 7.05 Å². The summed E-state index contributed by atoms with van der Waals surface area (Å²) in [4.78, 5) is 8.70. The van der Waals surface area contributed by atoms with Crippen molar-refractivity contribution in [2.24, 2.45) is 5.92 Å². The smallest absolute Gasteiger partial charge is 0.227 e. The Kier molecular flexibility index (Phi) is 4.29. The van der Waals surface area contributed by atoms with E-state index in [2.05, 4.69) is 20.4 Å². The van der Waals surface area contributed by atoms with Gasteiger partial charge in [0, 0.05) is 30.4 Å². The molecular formula is C16H22N4O. The quantitative estimate of drug-likeness (QED) is 0.936. The van der Waals surface area contributed by atoms with Gasteiger partial charge in [-0.3, -0.25) is 4.98 Å². The number of nitrogens with one attached hydrogen (secondary N) is 1. The van der Waals surface area contributed by atoms with E-state index in [-0.39, 0.29) is 0 Å². The van der Waals surface area contributed by atoms with Gasteiger partial charge in [-0.25, -0.2) is 0 Å². The lowest BCUT2D eigenvalue weighted by atomic mass is 9.82. The predicted molar refractivity (Wildman–Crippen MR) is 80.8 cm³/mol. The van der Waals surface area contributed by atoms with Crippen LogP contribution >= 0.6 is 0 Å². The summed E-state index contributed by atoms with van der Waals surface area (Å²) >= 11 is 0. The summed E-state index contributed by atoms with van der Waals surface area (Å²) in [6.45, 7) is 2.03. The Morgan fingerprint density at radius 2 is 2.19 bits per heavy atom. The van der Waals surface area contributed by atoms with Crippen LogP contribution in [0.25, 0.3) is 11.4 Å². The Bertz CT molecular complexity index is 595. The van der Waals surface area contributed by atoms with Crippen LogP contribution in [0.4, 0.5) is 0 Å². The second-order valence-electron chi connectivity index (χ2n) is 5.85. The Morgan fingerprint density at radius 1 is 1.33 bits per heavy atom. The van der Waals surface area contributed by atoms with E-state index in [1.165, 1.54) is 25.7 Å². The molecule has 21 heavy (non-hydrogen) atoms. The highest BCUT2D eigenvalue weighted by molar-refractivity contribution is 5.57. The Balaban J connectivity index is 1.75. The van der Waals surface area contributed by atoms with Gasteiger partial charge in [0.25, 0.3) is 0 Å². The van der Waals surface area contributed by atoms with Crippen LogP contribution in [0, 0.1) is 12.8 Å². The van der Waals surface area contributed by atoms with Gasteiger partial charge in [0.15, 0.2) is 0 Å². The molecule has 5 heteroatoms. The minimum Gasteiger partial charge on any atom is -0.339 e. The molecule has 2 atom stereocenters. The fourth-order valence-electron chi connectivity index (χ4n) is 3.20. The third kappa shape index (κ3) is 3.13. The standard InChI is InChI=1S/C16H22N4O/c1-11-7-8-18-10-13(11)16-19-15(21-20-16)9-12-5-3-4-6-14(12)17-2/h7-8,10,12,14,17H,3-6,9H2,1-2H3. The lowest BCUT2D eigenvalue weighted by Crippen LogP contribution is -2.37. The van der Waals surface area contributed by atoms with Crippen LogP contribution in [0.15, 0.2) is 23.0 Å². The molecule has 0 spiro atoms. The van der Waals surface area contributed by atoms with Crippen LogP contribution in [0.5, 0.6) is 0 Å². The number of aryl methyl sites for hydroxylation is 1. The lowest BCUT2D eigenvalue weighted by Gasteiger charge is -2.30. The average Bonchev–Trinajstić information content (AvgIpc) is 2.96. The van der Waals surface area contributed by atoms with Gasteiger partial charge in [0.2, 0.25) is 11.7 Å². The fourth-order valence-corrected chi connectivity index (χ4v) is 3.20. The first kappa shape index (κ1) is 14.2. The Labute approximate surface area is 125 Å². The maximum Gasteiger partial charge on any atom is 0.227 e. The second-order valence-corrected chi connectivity index (χ2v) is 5.85. The topological polar surface area (TPSA) is 63.8 Å². The van der Waals surface area contributed by atoms with E-state index >= 15 is 0 Å². The van der Waals surface area contributed by atoms with Gasteiger partial charge >= 0.3 is 0 Å². The molecule has 1 saturated carbocycles. The summed E-state index contributed by atoms with van der Waals surface area (Å²) in [5.41, 5.74) is 2.06. The number of nitrogens with zero attached hydrogens (tertiary/aromatic N) is 3. The van der Waals surface area contributed by atoms with Crippen molar-refractivity contribution < 1.29 is 4.52 Å². The molecule has 2 aromatic rings. The van der Waals surface area contributed by atoms with Crippen LogP contribution in [0.3, 0.4) is 0 Å². The molecule has 1 aliphatic rings. The molecule has 1 fully saturated rings. The van der Waals surface area contributed by atoms with E-state index in [1.807, 2.05) is 20.0 Å². The molecule has 0 radical (unpaired) electrons. The summed E-state index contributed by atoms with van der Waals surface area (Å²) in [7, 11) is 2.04. The Morgan fingerprint density at radius 3 is 3.00 bits per heavy atom. The van der Waals surface area contributed by atoms with Crippen molar-refractivity contribution in [1.29, 1.82) is 0 Å². The van der Waals surface area contributed by atoms with E-state index in [0.29, 0.717) is 17.8 Å². The highest BCUT2D eigenvalue weighted by Crippen LogP contribution is 2.28. The average molecular weight is 286 g/mol. The molecule has 0 bridgehead atoms. The number of hydrogen-bond acceptors (Lipinski definition) is 5. The van der Waals surface area contributed by atoms with Gasteiger partial charge < -0.3 is 9.84 Å². The maximum atomic E-state index is 5.45. The summed E-state index contributed by atoms with van der Waals surface area (Å²) < 4.78 is 5.45. The van der Waals surface area contributed by atoms with Crippen molar-refractivity contribution in [2.45, 2.75) is 45.1 Å². The SMILES string of the molecule is CNC1CCCCC1Cc1nc(-c2cnccc2C)no1. The zero-order chi connectivity index (χ0) is 14.7. The van der Waals surface area contributed by atoms with Gasteiger partial charge in [-0.2, -0.15) is 4.98 Å². The van der Waals surface area contributed by atoms with E-state index in [9.17, 15) is 0 Å². The molecule has 0 amide bonds. The molecule has 2 unspecified atom stereocenters. The normalized spacial score (nSPS) is 22.4. The first-order valence-corrected chi connectivity index (χ1v) is 7.68. The number of aromatic nitrogens is 3. The number of rotatable bonds is 4. The summed E-state index contributed by atoms with van der Waals surface area (Å²) in [6.07, 6.45) is 9.51. The molecule has 0 aliphatic heterocycles. The predicted octanol–water partition coefficient (Wildman–Crippen LogP) is 2.76. The van der Waals surface area contributed by atoms with Gasteiger partial charge in [-0.15, -0.1) is 0 Å². The van der Waals surface area contributed by atoms with Crippen LogP contribution in [-0.2, 0) is 6.42 Å². The summed E-state index contributed by atoms with van der Waals surface area (Å²) in [5, 5.41) is 7.54. The van der Waals surface area contributed by atoms with Crippen molar-refractivity contribution in [3.8, 4) is 11.4 Å². The number of pyridine rings is 1. The molecule has 1 N–H and O–H groups in total. The highest BCUT2D eigenvalue weighted by atomic mass is 16.5. The molecule has 3 rings (SSSR count). The van der Waals surface area contributed by atoms with Crippen molar-refractivity contribution >= 4 is 0 Å². The minimum absolute atomic E-state index is 0.564. The zero-order valence-corrected chi connectivity index (χ0v) is 12.7. The fraction of sp³-hybridized carbons (Fsp3) is 0.562. The Hall–Kier alpha value is -1.75. The third-order valence-corrected chi connectivity index (χ3v) is 4.46. The zero-order valence-electron chi connectivity index (χ0n) is 12.7. The molecule has 2 heterocycles. The van der Waals surface area contributed by atoms with Crippen molar-refractivity contribution in [3.05, 3.63) is 29.9 Å². The van der Waals surface area contributed by atoms with Gasteiger partial charge in [-0.05, 0) is 44.4 Å². The van der Waals surface area contributed by atoms with Crippen LogP contribution in [-0.4, -0.2) is 28.2 Å². The van der Waals surface area contributed by atoms with Gasteiger partial charge in [0.1, 0.15) is 0 Å². The molecule has 0 saturated heterocycles. The first-order valence-electron chi connectivity index (χ1n) is 7.68. The maximum absolute atomic E-state index is 5.45. The molecule has 112 valence electrons. The lowest BCUT2D eigenvalue weighted by molar-refractivity contribution is 0.248.